The molecule has 0 aromatic heterocycles. The lowest BCUT2D eigenvalue weighted by molar-refractivity contribution is -0.129. The van der Waals surface area contributed by atoms with E-state index in [0.717, 1.165) is 0 Å². The first kappa shape index (κ1) is 21.5. The van der Waals surface area contributed by atoms with Crippen LogP contribution in [0, 0.1) is 5.41 Å². The average Bonchev–Trinajstić information content (AvgIpc) is 2.57. The summed E-state index contributed by atoms with van der Waals surface area (Å²) in [6, 6.07) is 5.54. The average molecular weight is 397 g/mol. The molecule has 1 saturated heterocycles. The van der Waals surface area contributed by atoms with E-state index < -0.39 is 21.4 Å². The van der Waals surface area contributed by atoms with Crippen LogP contribution in [0.1, 0.15) is 45.0 Å². The number of ketones is 1. The van der Waals surface area contributed by atoms with E-state index in [-0.39, 0.29) is 48.1 Å². The minimum absolute atomic E-state index is 0.103. The van der Waals surface area contributed by atoms with Crippen molar-refractivity contribution in [2.24, 2.45) is 5.41 Å². The molecule has 150 valence electrons. The maximum Gasteiger partial charge on any atom is 0.338 e. The minimum atomic E-state index is -3.67. The number of nitrogens with zero attached hydrogens (tertiary/aromatic N) is 1. The van der Waals surface area contributed by atoms with Crippen LogP contribution in [0.2, 0.25) is 0 Å². The van der Waals surface area contributed by atoms with Gasteiger partial charge in [-0.3, -0.25) is 4.79 Å². The van der Waals surface area contributed by atoms with Crippen LogP contribution in [0.25, 0.3) is 0 Å². The molecule has 7 nitrogen and oxygen atoms in total. The molecular weight excluding hydrogens is 370 g/mol. The molecule has 2 unspecified atom stereocenters. The summed E-state index contributed by atoms with van der Waals surface area (Å²) in [5.74, 6) is -0.851. The molecule has 27 heavy (non-hydrogen) atoms. The maximum absolute atomic E-state index is 12.8. The molecule has 0 aliphatic carbocycles. The lowest BCUT2D eigenvalue weighted by Crippen LogP contribution is -2.48. The SMILES string of the molecule is CC1CN(S(=O)(=O)c2ccc(C(=O)OCC(=O)C(C)(C)C)cc2)CC(C)O1. The molecular formula is C19H27NO6S. The van der Waals surface area contributed by atoms with Crippen molar-refractivity contribution in [3.8, 4) is 0 Å². The van der Waals surface area contributed by atoms with Gasteiger partial charge in [0, 0.05) is 18.5 Å². The number of rotatable bonds is 5. The molecule has 8 heteroatoms. The van der Waals surface area contributed by atoms with Gasteiger partial charge in [0.25, 0.3) is 0 Å². The van der Waals surface area contributed by atoms with Crippen molar-refractivity contribution in [1.29, 1.82) is 0 Å². The Kier molecular flexibility index (Phi) is 6.44. The van der Waals surface area contributed by atoms with E-state index in [1.54, 1.807) is 20.8 Å². The van der Waals surface area contributed by atoms with Crippen LogP contribution >= 0.6 is 0 Å². The molecule has 0 bridgehead atoms. The molecule has 2 atom stereocenters. The quantitative estimate of drug-likeness (QED) is 0.708. The first-order valence-corrected chi connectivity index (χ1v) is 10.3. The summed E-state index contributed by atoms with van der Waals surface area (Å²) in [6.45, 7) is 9.15. The fourth-order valence-corrected chi connectivity index (χ4v) is 4.26. The van der Waals surface area contributed by atoms with Gasteiger partial charge in [-0.05, 0) is 38.1 Å². The number of hydrogen-bond acceptors (Lipinski definition) is 6. The van der Waals surface area contributed by atoms with Crippen LogP contribution in [0.15, 0.2) is 29.2 Å². The Balaban J connectivity index is 2.08. The summed E-state index contributed by atoms with van der Waals surface area (Å²) in [6.07, 6.45) is -0.365. The van der Waals surface area contributed by atoms with Gasteiger partial charge in [-0.15, -0.1) is 0 Å². The molecule has 1 fully saturated rings. The van der Waals surface area contributed by atoms with Gasteiger partial charge in [-0.1, -0.05) is 20.8 Å². The monoisotopic (exact) mass is 397 g/mol. The number of carbonyl (C=O) groups excluding carboxylic acids is 2. The van der Waals surface area contributed by atoms with Crippen LogP contribution in [-0.4, -0.2) is 56.4 Å². The Hall–Kier alpha value is -1.77. The lowest BCUT2D eigenvalue weighted by Gasteiger charge is -2.34. The number of benzene rings is 1. The summed E-state index contributed by atoms with van der Waals surface area (Å²) in [5.41, 5.74) is -0.399. The zero-order valence-electron chi connectivity index (χ0n) is 16.4. The third-order valence-electron chi connectivity index (χ3n) is 4.28. The summed E-state index contributed by atoms with van der Waals surface area (Å²) >= 11 is 0. The van der Waals surface area contributed by atoms with Crippen molar-refractivity contribution >= 4 is 21.8 Å². The number of carbonyl (C=O) groups is 2. The van der Waals surface area contributed by atoms with Gasteiger partial charge in [0.15, 0.2) is 12.4 Å². The van der Waals surface area contributed by atoms with Crippen LogP contribution in [0.5, 0.6) is 0 Å². The molecule has 1 aliphatic heterocycles. The summed E-state index contributed by atoms with van der Waals surface area (Å²) in [5, 5.41) is 0. The number of Topliss-reactive ketones (excluding diaryl/α,β-unsaturated/α-hetero) is 1. The fraction of sp³-hybridized carbons (Fsp3) is 0.579. The number of hydrogen-bond donors (Lipinski definition) is 0. The van der Waals surface area contributed by atoms with Gasteiger partial charge in [-0.2, -0.15) is 4.31 Å². The van der Waals surface area contributed by atoms with Crippen molar-refractivity contribution in [3.63, 3.8) is 0 Å². The second-order valence-electron chi connectivity index (χ2n) is 7.85. The van der Waals surface area contributed by atoms with Crippen LogP contribution in [0.3, 0.4) is 0 Å². The third kappa shape index (κ3) is 5.37. The molecule has 1 heterocycles. The Labute approximate surface area is 160 Å². The number of sulfonamides is 1. The van der Waals surface area contributed by atoms with Gasteiger partial charge in [0.05, 0.1) is 22.7 Å². The molecule has 1 aliphatic rings. The standard InChI is InChI=1S/C19H27NO6S/c1-13-10-20(11-14(2)26-13)27(23,24)16-8-6-15(7-9-16)18(22)25-12-17(21)19(3,4)5/h6-9,13-14H,10-12H2,1-5H3. The number of ether oxygens (including phenoxy) is 2. The van der Waals surface area contributed by atoms with Crippen molar-refractivity contribution in [2.45, 2.75) is 51.7 Å². The number of morpholine rings is 1. The predicted octanol–water partition coefficient (Wildman–Crippen LogP) is 2.26. The fourth-order valence-electron chi connectivity index (χ4n) is 2.67. The van der Waals surface area contributed by atoms with E-state index in [4.69, 9.17) is 9.47 Å². The highest BCUT2D eigenvalue weighted by molar-refractivity contribution is 7.89. The van der Waals surface area contributed by atoms with Crippen LogP contribution in [0.4, 0.5) is 0 Å². The van der Waals surface area contributed by atoms with E-state index >= 15 is 0 Å². The van der Waals surface area contributed by atoms with E-state index in [9.17, 15) is 18.0 Å². The first-order valence-electron chi connectivity index (χ1n) is 8.87. The topological polar surface area (TPSA) is 90.0 Å². The molecule has 0 amide bonds. The maximum atomic E-state index is 12.8. The van der Waals surface area contributed by atoms with Gasteiger partial charge >= 0.3 is 5.97 Å². The highest BCUT2D eigenvalue weighted by Gasteiger charge is 2.32. The molecule has 0 N–H and O–H groups in total. The van der Waals surface area contributed by atoms with E-state index in [2.05, 4.69) is 0 Å². The summed E-state index contributed by atoms with van der Waals surface area (Å²) in [4.78, 5) is 24.0. The Bertz CT molecular complexity index is 784. The van der Waals surface area contributed by atoms with Gasteiger partial charge in [-0.25, -0.2) is 13.2 Å². The zero-order valence-corrected chi connectivity index (χ0v) is 17.2. The van der Waals surface area contributed by atoms with Crippen molar-refractivity contribution < 1.29 is 27.5 Å². The smallest absolute Gasteiger partial charge is 0.338 e. The second kappa shape index (κ2) is 8.08. The van der Waals surface area contributed by atoms with Crippen molar-refractivity contribution in [1.82, 2.24) is 4.31 Å². The van der Waals surface area contributed by atoms with Gasteiger partial charge < -0.3 is 9.47 Å². The van der Waals surface area contributed by atoms with E-state index in [0.29, 0.717) is 0 Å². The van der Waals surface area contributed by atoms with Crippen molar-refractivity contribution in [3.05, 3.63) is 29.8 Å². The molecule has 0 spiro atoms. The molecule has 0 saturated carbocycles. The van der Waals surface area contributed by atoms with Gasteiger partial charge in [0.2, 0.25) is 10.0 Å². The third-order valence-corrected chi connectivity index (χ3v) is 6.13. The number of esters is 1. The lowest BCUT2D eigenvalue weighted by atomic mass is 9.91. The molecule has 1 aromatic carbocycles. The normalized spacial score (nSPS) is 21.7. The van der Waals surface area contributed by atoms with Crippen LogP contribution in [-0.2, 0) is 24.3 Å². The Morgan fingerprint density at radius 1 is 1.11 bits per heavy atom. The largest absolute Gasteiger partial charge is 0.454 e. The van der Waals surface area contributed by atoms with Crippen LogP contribution < -0.4 is 0 Å². The van der Waals surface area contributed by atoms with Gasteiger partial charge in [0.1, 0.15) is 0 Å². The van der Waals surface area contributed by atoms with Crippen molar-refractivity contribution in [2.75, 3.05) is 19.7 Å². The second-order valence-corrected chi connectivity index (χ2v) is 9.79. The first-order chi connectivity index (χ1) is 12.4. The van der Waals surface area contributed by atoms with E-state index in [1.807, 2.05) is 13.8 Å². The molecule has 1 aromatic rings. The summed E-state index contributed by atoms with van der Waals surface area (Å²) < 4.78 is 37.6. The van der Waals surface area contributed by atoms with E-state index in [1.165, 1.54) is 28.6 Å². The highest BCUT2D eigenvalue weighted by atomic mass is 32.2. The predicted molar refractivity (Wildman–Crippen MR) is 100.0 cm³/mol. The molecule has 0 radical (unpaired) electrons. The Morgan fingerprint density at radius 3 is 2.11 bits per heavy atom. The minimum Gasteiger partial charge on any atom is -0.454 e. The summed E-state index contributed by atoms with van der Waals surface area (Å²) in [7, 11) is -3.67. The molecule has 2 rings (SSSR count). The highest BCUT2D eigenvalue weighted by Crippen LogP contribution is 2.22. The zero-order chi connectivity index (χ0) is 20.4. The Morgan fingerprint density at radius 2 is 1.63 bits per heavy atom.